The zero-order valence-corrected chi connectivity index (χ0v) is 17.1. The monoisotopic (exact) mass is 395 g/mol. The van der Waals surface area contributed by atoms with E-state index < -0.39 is 0 Å². The maximum Gasteiger partial charge on any atom is 0.262 e. The average molecular weight is 396 g/mol. The predicted octanol–water partition coefficient (Wildman–Crippen LogP) is 4.34. The summed E-state index contributed by atoms with van der Waals surface area (Å²) in [5.74, 6) is 0.239. The molecule has 1 aromatic heterocycles. The standard InChI is InChI=1S/C22H25N3O2S/c1-3-5-15-25-21(27)18-13-9-10-14-19(18)23-22(25)28-16-20(26)24(4-2)17-11-7-6-8-12-17/h6-14H,3-5,15-16H2,1-2H3. The first-order valence-electron chi connectivity index (χ1n) is 9.63. The van der Waals surface area contributed by atoms with Crippen LogP contribution in [0.25, 0.3) is 10.9 Å². The van der Waals surface area contributed by atoms with Crippen LogP contribution in [0.2, 0.25) is 0 Å². The van der Waals surface area contributed by atoms with Gasteiger partial charge in [0.1, 0.15) is 0 Å². The number of rotatable bonds is 8. The molecule has 0 N–H and O–H groups in total. The third-order valence-electron chi connectivity index (χ3n) is 4.57. The molecular weight excluding hydrogens is 370 g/mol. The van der Waals surface area contributed by atoms with Crippen LogP contribution < -0.4 is 10.5 Å². The molecule has 0 spiro atoms. The summed E-state index contributed by atoms with van der Waals surface area (Å²) in [5, 5.41) is 1.23. The first-order valence-corrected chi connectivity index (χ1v) is 10.6. The van der Waals surface area contributed by atoms with Gasteiger partial charge in [-0.25, -0.2) is 4.98 Å². The molecule has 0 aliphatic heterocycles. The highest BCUT2D eigenvalue weighted by atomic mass is 32.2. The van der Waals surface area contributed by atoms with Crippen molar-refractivity contribution in [3.8, 4) is 0 Å². The molecule has 6 heteroatoms. The number of nitrogens with zero attached hydrogens (tertiary/aromatic N) is 3. The second kappa shape index (κ2) is 9.55. The topological polar surface area (TPSA) is 55.2 Å². The fraction of sp³-hybridized carbons (Fsp3) is 0.318. The van der Waals surface area contributed by atoms with Crippen LogP contribution in [0.1, 0.15) is 26.7 Å². The number of thioether (sulfide) groups is 1. The predicted molar refractivity (Wildman–Crippen MR) is 116 cm³/mol. The van der Waals surface area contributed by atoms with E-state index in [2.05, 4.69) is 11.9 Å². The number of amides is 1. The van der Waals surface area contributed by atoms with Gasteiger partial charge in [-0.3, -0.25) is 14.2 Å². The van der Waals surface area contributed by atoms with Gasteiger partial charge in [0.15, 0.2) is 5.16 Å². The van der Waals surface area contributed by atoms with Crippen molar-refractivity contribution in [1.82, 2.24) is 9.55 Å². The number of unbranched alkanes of at least 4 members (excludes halogenated alkanes) is 1. The molecular formula is C22H25N3O2S. The van der Waals surface area contributed by atoms with Crippen molar-refractivity contribution in [2.24, 2.45) is 0 Å². The Morgan fingerprint density at radius 2 is 1.79 bits per heavy atom. The van der Waals surface area contributed by atoms with Crippen molar-refractivity contribution in [2.45, 2.75) is 38.4 Å². The minimum absolute atomic E-state index is 0.00292. The van der Waals surface area contributed by atoms with E-state index in [0.717, 1.165) is 18.5 Å². The van der Waals surface area contributed by atoms with E-state index in [-0.39, 0.29) is 17.2 Å². The van der Waals surface area contributed by atoms with Gasteiger partial charge in [-0.15, -0.1) is 0 Å². The van der Waals surface area contributed by atoms with Gasteiger partial charge in [0.05, 0.1) is 16.7 Å². The Kier molecular flexibility index (Phi) is 6.87. The number of fused-ring (bicyclic) bond motifs is 1. The number of hydrogen-bond acceptors (Lipinski definition) is 4. The number of carbonyl (C=O) groups is 1. The molecule has 3 rings (SSSR count). The molecule has 146 valence electrons. The van der Waals surface area contributed by atoms with Crippen LogP contribution in [-0.2, 0) is 11.3 Å². The highest BCUT2D eigenvalue weighted by molar-refractivity contribution is 7.99. The minimum Gasteiger partial charge on any atom is -0.312 e. The van der Waals surface area contributed by atoms with Crippen molar-refractivity contribution in [1.29, 1.82) is 0 Å². The summed E-state index contributed by atoms with van der Waals surface area (Å²) in [6.45, 7) is 5.26. The fourth-order valence-electron chi connectivity index (χ4n) is 3.09. The molecule has 0 bridgehead atoms. The zero-order chi connectivity index (χ0) is 19.9. The molecule has 28 heavy (non-hydrogen) atoms. The maximum absolute atomic E-state index is 12.9. The van der Waals surface area contributed by atoms with Gasteiger partial charge >= 0.3 is 0 Å². The van der Waals surface area contributed by atoms with Gasteiger partial charge in [0, 0.05) is 18.8 Å². The number of benzene rings is 2. The molecule has 1 heterocycles. The minimum atomic E-state index is -0.0376. The van der Waals surface area contributed by atoms with Crippen LogP contribution >= 0.6 is 11.8 Å². The zero-order valence-electron chi connectivity index (χ0n) is 16.3. The van der Waals surface area contributed by atoms with Crippen LogP contribution in [-0.4, -0.2) is 27.8 Å². The van der Waals surface area contributed by atoms with E-state index in [4.69, 9.17) is 0 Å². The Balaban J connectivity index is 1.86. The second-order valence-electron chi connectivity index (χ2n) is 6.48. The SMILES string of the molecule is CCCCn1c(SCC(=O)N(CC)c2ccccc2)nc2ccccc2c1=O. The lowest BCUT2D eigenvalue weighted by atomic mass is 10.2. The highest BCUT2D eigenvalue weighted by Gasteiger charge is 2.17. The molecule has 0 radical (unpaired) electrons. The molecule has 0 aliphatic carbocycles. The fourth-order valence-corrected chi connectivity index (χ4v) is 3.99. The third kappa shape index (κ3) is 4.44. The summed E-state index contributed by atoms with van der Waals surface area (Å²) in [6, 6.07) is 17.0. The first-order chi connectivity index (χ1) is 13.7. The summed E-state index contributed by atoms with van der Waals surface area (Å²) >= 11 is 1.33. The quantitative estimate of drug-likeness (QED) is 0.420. The van der Waals surface area contributed by atoms with Gasteiger partial charge in [-0.05, 0) is 37.6 Å². The Morgan fingerprint density at radius 3 is 2.50 bits per heavy atom. The third-order valence-corrected chi connectivity index (χ3v) is 5.53. The van der Waals surface area contributed by atoms with Crippen LogP contribution in [0.4, 0.5) is 5.69 Å². The summed E-state index contributed by atoms with van der Waals surface area (Å²) < 4.78 is 1.71. The number of aromatic nitrogens is 2. The van der Waals surface area contributed by atoms with Crippen LogP contribution in [0.5, 0.6) is 0 Å². The summed E-state index contributed by atoms with van der Waals surface area (Å²) in [6.07, 6.45) is 1.88. The van der Waals surface area contributed by atoms with Crippen molar-refractivity contribution < 1.29 is 4.79 Å². The van der Waals surface area contributed by atoms with Gasteiger partial charge in [0.2, 0.25) is 5.91 Å². The Bertz CT molecular complexity index is 1000. The number of para-hydroxylation sites is 2. The average Bonchev–Trinajstić information content (AvgIpc) is 2.73. The molecule has 5 nitrogen and oxygen atoms in total. The summed E-state index contributed by atoms with van der Waals surface area (Å²) in [4.78, 5) is 32.2. The maximum atomic E-state index is 12.9. The van der Waals surface area contributed by atoms with Crippen molar-refractivity contribution >= 4 is 34.3 Å². The molecule has 2 aromatic carbocycles. The van der Waals surface area contributed by atoms with Gasteiger partial charge in [0.25, 0.3) is 5.56 Å². The lowest BCUT2D eigenvalue weighted by Crippen LogP contribution is -2.32. The van der Waals surface area contributed by atoms with Crippen molar-refractivity contribution in [2.75, 3.05) is 17.2 Å². The Labute approximate surface area is 169 Å². The smallest absolute Gasteiger partial charge is 0.262 e. The lowest BCUT2D eigenvalue weighted by molar-refractivity contribution is -0.116. The summed E-state index contributed by atoms with van der Waals surface area (Å²) in [5.41, 5.74) is 1.51. The summed E-state index contributed by atoms with van der Waals surface area (Å²) in [7, 11) is 0. The Hall–Kier alpha value is -2.60. The van der Waals surface area contributed by atoms with Crippen LogP contribution in [0, 0.1) is 0 Å². The lowest BCUT2D eigenvalue weighted by Gasteiger charge is -2.21. The van der Waals surface area contributed by atoms with E-state index in [9.17, 15) is 9.59 Å². The largest absolute Gasteiger partial charge is 0.312 e. The molecule has 0 aliphatic rings. The van der Waals surface area contributed by atoms with Crippen molar-refractivity contribution in [3.05, 3.63) is 65.0 Å². The van der Waals surface area contributed by atoms with Crippen LogP contribution in [0.3, 0.4) is 0 Å². The van der Waals surface area contributed by atoms with E-state index >= 15 is 0 Å². The number of hydrogen-bond donors (Lipinski definition) is 0. The van der Waals surface area contributed by atoms with Crippen molar-refractivity contribution in [3.63, 3.8) is 0 Å². The second-order valence-corrected chi connectivity index (χ2v) is 7.43. The Morgan fingerprint density at radius 1 is 1.07 bits per heavy atom. The van der Waals surface area contributed by atoms with Crippen LogP contribution in [0.15, 0.2) is 64.5 Å². The van der Waals surface area contributed by atoms with E-state index in [1.165, 1.54) is 11.8 Å². The van der Waals surface area contributed by atoms with E-state index in [1.807, 2.05) is 55.5 Å². The number of anilines is 1. The first kappa shape index (κ1) is 20.1. The van der Waals surface area contributed by atoms with Gasteiger partial charge in [-0.1, -0.05) is 55.4 Å². The van der Waals surface area contributed by atoms with Gasteiger partial charge in [-0.2, -0.15) is 0 Å². The molecule has 0 saturated carbocycles. The molecule has 0 unspecified atom stereocenters. The van der Waals surface area contributed by atoms with E-state index in [1.54, 1.807) is 15.5 Å². The molecule has 0 fully saturated rings. The normalized spacial score (nSPS) is 10.9. The van der Waals surface area contributed by atoms with Gasteiger partial charge < -0.3 is 4.90 Å². The highest BCUT2D eigenvalue weighted by Crippen LogP contribution is 2.21. The molecule has 1 amide bonds. The number of carbonyl (C=O) groups excluding carboxylic acids is 1. The molecule has 3 aromatic rings. The van der Waals surface area contributed by atoms with E-state index in [0.29, 0.717) is 29.1 Å². The molecule has 0 atom stereocenters. The molecule has 0 saturated heterocycles.